The second kappa shape index (κ2) is 12.8. The van der Waals surface area contributed by atoms with Crippen LogP contribution in [0.25, 0.3) is 28.3 Å². The van der Waals surface area contributed by atoms with E-state index in [0.29, 0.717) is 11.8 Å². The summed E-state index contributed by atoms with van der Waals surface area (Å²) < 4.78 is 0. The Morgan fingerprint density at radius 2 is 1.49 bits per heavy atom. The van der Waals surface area contributed by atoms with Crippen LogP contribution in [0.15, 0.2) is 180 Å². The average molecular weight is 659 g/mol. The second-order valence-corrected chi connectivity index (χ2v) is 15.5. The van der Waals surface area contributed by atoms with Crippen molar-refractivity contribution in [1.29, 1.82) is 0 Å². The number of allylic oxidation sites excluding steroid dienone is 20. The first-order chi connectivity index (χ1) is 25.0. The summed E-state index contributed by atoms with van der Waals surface area (Å²) in [4.78, 5) is 0. The lowest BCUT2D eigenvalue weighted by atomic mass is 9.67. The van der Waals surface area contributed by atoms with Gasteiger partial charge in [0.2, 0.25) is 0 Å². The molecule has 3 aromatic carbocycles. The van der Waals surface area contributed by atoms with E-state index in [4.69, 9.17) is 0 Å². The van der Waals surface area contributed by atoms with E-state index in [-0.39, 0.29) is 11.3 Å². The maximum absolute atomic E-state index is 4.06. The number of aryl methyl sites for hydroxylation is 1. The molecule has 9 rings (SSSR count). The Labute approximate surface area is 304 Å². The Bertz CT molecular complexity index is 2260. The van der Waals surface area contributed by atoms with Gasteiger partial charge in [-0.1, -0.05) is 166 Å². The van der Waals surface area contributed by atoms with Crippen molar-refractivity contribution < 1.29 is 0 Å². The average Bonchev–Trinajstić information content (AvgIpc) is 3.42. The van der Waals surface area contributed by atoms with Crippen LogP contribution in [0.5, 0.6) is 0 Å². The van der Waals surface area contributed by atoms with E-state index in [1.807, 2.05) is 6.08 Å². The van der Waals surface area contributed by atoms with E-state index in [0.717, 1.165) is 32.1 Å². The fourth-order valence-corrected chi connectivity index (χ4v) is 9.72. The minimum atomic E-state index is 0.148. The molecule has 0 spiro atoms. The van der Waals surface area contributed by atoms with Crippen LogP contribution >= 0.6 is 0 Å². The maximum atomic E-state index is 4.06. The van der Waals surface area contributed by atoms with Gasteiger partial charge in [-0.2, -0.15) is 0 Å². The molecule has 250 valence electrons. The molecule has 0 bridgehead atoms. The quantitative estimate of drug-likeness (QED) is 0.231. The number of hydrogen-bond acceptors (Lipinski definition) is 0. The summed E-state index contributed by atoms with van der Waals surface area (Å²) in [6.45, 7) is 8.94. The standard InChI is InChI=1S/C51H46/c1-4-5-15-40-32-45(36-26-24-34(25-27-36)39-28-29-43-42-21-13-14-23-48(42)51(2,3)49(43)33-39)41-20-11-12-22-44(41)50(40)47-31-38-19-10-9-18-37(38)30-46(47)35-16-7-6-8-17-35/h4-9,11-18,20-24,26,28-32,41,44,49H,1,10,19,25,27,33H2,2-3H3. The molecule has 6 aliphatic carbocycles. The molecule has 0 saturated heterocycles. The summed E-state index contributed by atoms with van der Waals surface area (Å²) in [7, 11) is 0. The molecule has 0 aromatic heterocycles. The smallest absolute Gasteiger partial charge is 0.0137 e. The number of hydrogen-bond donors (Lipinski definition) is 0. The van der Waals surface area contributed by atoms with Crippen LogP contribution in [0.1, 0.15) is 67.3 Å². The molecular weight excluding hydrogens is 613 g/mol. The molecule has 0 fully saturated rings. The SMILES string of the molecule is C=CC=CC1=C(c2cc3c(cc2-c2ccccc2)C=CCC3)C2C=CC=CC2C(C2=CC=C(C3=CC=C4c5ccccc5C(C)(C)C4C3)CC2)=C1. The first-order valence-electron chi connectivity index (χ1n) is 18.9. The van der Waals surface area contributed by atoms with Gasteiger partial charge in [0.15, 0.2) is 0 Å². The van der Waals surface area contributed by atoms with E-state index in [1.165, 1.54) is 78.0 Å². The van der Waals surface area contributed by atoms with Crippen molar-refractivity contribution in [3.05, 3.63) is 208 Å². The highest BCUT2D eigenvalue weighted by Gasteiger charge is 2.44. The zero-order chi connectivity index (χ0) is 34.5. The molecule has 3 unspecified atom stereocenters. The minimum Gasteiger partial charge on any atom is -0.0991 e. The molecule has 0 saturated carbocycles. The molecule has 0 nitrogen and oxygen atoms in total. The Morgan fingerprint density at radius 1 is 0.725 bits per heavy atom. The highest BCUT2D eigenvalue weighted by atomic mass is 14.5. The molecular formula is C51H46. The highest BCUT2D eigenvalue weighted by molar-refractivity contribution is 5.90. The normalized spacial score (nSPS) is 24.1. The van der Waals surface area contributed by atoms with E-state index in [1.54, 1.807) is 0 Å². The van der Waals surface area contributed by atoms with Crippen LogP contribution in [0.4, 0.5) is 0 Å². The summed E-state index contributed by atoms with van der Waals surface area (Å²) in [6, 6.07) is 25.0. The van der Waals surface area contributed by atoms with E-state index in [9.17, 15) is 0 Å². The lowest BCUT2D eigenvalue weighted by Gasteiger charge is -2.37. The van der Waals surface area contributed by atoms with Gasteiger partial charge in [0, 0.05) is 11.8 Å². The van der Waals surface area contributed by atoms with E-state index < -0.39 is 0 Å². The molecule has 3 atom stereocenters. The maximum Gasteiger partial charge on any atom is 0.0137 e. The van der Waals surface area contributed by atoms with Crippen LogP contribution in [-0.4, -0.2) is 0 Å². The van der Waals surface area contributed by atoms with E-state index >= 15 is 0 Å². The van der Waals surface area contributed by atoms with Crippen LogP contribution < -0.4 is 0 Å². The second-order valence-electron chi connectivity index (χ2n) is 15.5. The third kappa shape index (κ3) is 5.44. The van der Waals surface area contributed by atoms with Crippen LogP contribution in [0.2, 0.25) is 0 Å². The molecule has 0 heteroatoms. The first-order valence-corrected chi connectivity index (χ1v) is 18.9. The van der Waals surface area contributed by atoms with Gasteiger partial charge in [0.1, 0.15) is 0 Å². The lowest BCUT2D eigenvalue weighted by molar-refractivity contribution is 0.408. The van der Waals surface area contributed by atoms with Gasteiger partial charge in [-0.25, -0.2) is 0 Å². The summed E-state index contributed by atoms with van der Waals surface area (Å²) in [5.41, 5.74) is 20.0. The molecule has 6 aliphatic rings. The highest BCUT2D eigenvalue weighted by Crippen LogP contribution is 2.55. The van der Waals surface area contributed by atoms with Gasteiger partial charge in [-0.15, -0.1) is 0 Å². The third-order valence-corrected chi connectivity index (χ3v) is 12.4. The summed E-state index contributed by atoms with van der Waals surface area (Å²) in [6.07, 6.45) is 38.1. The zero-order valence-electron chi connectivity index (χ0n) is 29.9. The molecule has 0 heterocycles. The Balaban J connectivity index is 1.13. The predicted octanol–water partition coefficient (Wildman–Crippen LogP) is 13.1. The number of benzene rings is 3. The summed E-state index contributed by atoms with van der Waals surface area (Å²) in [5, 5.41) is 0. The van der Waals surface area contributed by atoms with Gasteiger partial charge >= 0.3 is 0 Å². The molecule has 51 heavy (non-hydrogen) atoms. The van der Waals surface area contributed by atoms with Crippen molar-refractivity contribution in [1.82, 2.24) is 0 Å². The van der Waals surface area contributed by atoms with Crippen molar-refractivity contribution in [3.63, 3.8) is 0 Å². The Hall–Kier alpha value is -5.20. The predicted molar refractivity (Wildman–Crippen MR) is 218 cm³/mol. The summed E-state index contributed by atoms with van der Waals surface area (Å²) in [5.74, 6) is 1.08. The first kappa shape index (κ1) is 31.8. The van der Waals surface area contributed by atoms with Gasteiger partial charge in [-0.05, 0) is 127 Å². The molecule has 0 radical (unpaired) electrons. The fourth-order valence-electron chi connectivity index (χ4n) is 9.72. The third-order valence-electron chi connectivity index (χ3n) is 12.4. The van der Waals surface area contributed by atoms with Gasteiger partial charge < -0.3 is 0 Å². The van der Waals surface area contributed by atoms with Crippen LogP contribution in [0, 0.1) is 17.8 Å². The Morgan fingerprint density at radius 3 is 2.31 bits per heavy atom. The zero-order valence-corrected chi connectivity index (χ0v) is 29.9. The molecule has 0 N–H and O–H groups in total. The summed E-state index contributed by atoms with van der Waals surface area (Å²) >= 11 is 0. The van der Waals surface area contributed by atoms with Gasteiger partial charge in [0.25, 0.3) is 0 Å². The van der Waals surface area contributed by atoms with Gasteiger partial charge in [0.05, 0.1) is 0 Å². The van der Waals surface area contributed by atoms with Crippen molar-refractivity contribution >= 4 is 17.2 Å². The topological polar surface area (TPSA) is 0 Å². The molecule has 3 aromatic rings. The fraction of sp³-hybridized carbons (Fsp3) is 0.216. The molecule has 0 aliphatic heterocycles. The monoisotopic (exact) mass is 658 g/mol. The largest absolute Gasteiger partial charge is 0.0991 e. The van der Waals surface area contributed by atoms with Crippen LogP contribution in [-0.2, 0) is 11.8 Å². The van der Waals surface area contributed by atoms with Crippen LogP contribution in [0.3, 0.4) is 0 Å². The van der Waals surface area contributed by atoms with E-state index in [2.05, 4.69) is 166 Å². The minimum absolute atomic E-state index is 0.148. The van der Waals surface area contributed by atoms with Crippen molar-refractivity contribution in [2.24, 2.45) is 17.8 Å². The lowest BCUT2D eigenvalue weighted by Crippen LogP contribution is -2.25. The van der Waals surface area contributed by atoms with Gasteiger partial charge in [-0.3, -0.25) is 0 Å². The number of fused-ring (bicyclic) bond motifs is 5. The van der Waals surface area contributed by atoms with Crippen molar-refractivity contribution in [2.75, 3.05) is 0 Å². The number of rotatable bonds is 6. The Kier molecular flexibility index (Phi) is 8.00. The molecule has 0 amide bonds. The van der Waals surface area contributed by atoms with Crippen molar-refractivity contribution in [2.45, 2.75) is 51.4 Å². The van der Waals surface area contributed by atoms with Crippen molar-refractivity contribution in [3.8, 4) is 11.1 Å².